The molecule has 112 valence electrons. The number of ether oxygens (including phenoxy) is 2. The smallest absolute Gasteiger partial charge is 0.356 e. The lowest BCUT2D eigenvalue weighted by Crippen LogP contribution is -2.00. The van der Waals surface area contributed by atoms with Crippen LogP contribution in [0.2, 0.25) is 0 Å². The molecule has 0 spiro atoms. The molecule has 1 N–H and O–H groups in total. The molecule has 7 heteroatoms. The summed E-state index contributed by atoms with van der Waals surface area (Å²) in [6, 6.07) is 4.56. The van der Waals surface area contributed by atoms with E-state index in [1.54, 1.807) is 13.1 Å². The number of benzene rings is 1. The molecule has 0 atom stereocenters. The van der Waals surface area contributed by atoms with Gasteiger partial charge in [-0.25, -0.2) is 9.18 Å². The minimum atomic E-state index is -1.12. The van der Waals surface area contributed by atoms with Crippen LogP contribution in [0.15, 0.2) is 18.2 Å². The monoisotopic (exact) mass is 294 g/mol. The van der Waals surface area contributed by atoms with Gasteiger partial charge in [0.1, 0.15) is 18.2 Å². The van der Waals surface area contributed by atoms with Gasteiger partial charge in [-0.3, -0.25) is 4.68 Å². The molecule has 0 aliphatic rings. The van der Waals surface area contributed by atoms with E-state index in [1.165, 1.54) is 31.0 Å². The average Bonchev–Trinajstić information content (AvgIpc) is 2.87. The van der Waals surface area contributed by atoms with Crippen molar-refractivity contribution in [3.8, 4) is 22.8 Å². The lowest BCUT2D eigenvalue weighted by atomic mass is 10.1. The first-order chi connectivity index (χ1) is 10.0. The van der Waals surface area contributed by atoms with Crippen LogP contribution in [0, 0.1) is 0 Å². The summed E-state index contributed by atoms with van der Waals surface area (Å²) in [4.78, 5) is 11.0. The van der Waals surface area contributed by atoms with Crippen LogP contribution in [0.5, 0.6) is 11.5 Å². The molecule has 0 amide bonds. The van der Waals surface area contributed by atoms with E-state index in [0.29, 0.717) is 28.3 Å². The van der Waals surface area contributed by atoms with Gasteiger partial charge in [-0.1, -0.05) is 0 Å². The van der Waals surface area contributed by atoms with Gasteiger partial charge in [0.25, 0.3) is 0 Å². The van der Waals surface area contributed by atoms with E-state index in [1.807, 2.05) is 0 Å². The normalized spacial score (nSPS) is 10.5. The van der Waals surface area contributed by atoms with Gasteiger partial charge in [0, 0.05) is 18.2 Å². The van der Waals surface area contributed by atoms with Crippen molar-refractivity contribution in [1.29, 1.82) is 0 Å². The first kappa shape index (κ1) is 14.8. The highest BCUT2D eigenvalue weighted by Gasteiger charge is 2.18. The summed E-state index contributed by atoms with van der Waals surface area (Å²) >= 11 is 0. The van der Waals surface area contributed by atoms with E-state index in [4.69, 9.17) is 14.6 Å². The van der Waals surface area contributed by atoms with Crippen molar-refractivity contribution >= 4 is 5.97 Å². The number of aromatic nitrogens is 2. The maximum atomic E-state index is 13.0. The Morgan fingerprint density at radius 3 is 2.43 bits per heavy atom. The standard InChI is InChI=1S/C14H15FN2O4/c1-17-11(6-10(16-17)14(18)19)9-5-12(20-2)8(7-15)4-13(9)21-3/h4-6H,7H2,1-3H3,(H,18,19). The number of hydrogen-bond donors (Lipinski definition) is 1. The van der Waals surface area contributed by atoms with E-state index < -0.39 is 12.6 Å². The van der Waals surface area contributed by atoms with Crippen molar-refractivity contribution < 1.29 is 23.8 Å². The second-order valence-corrected chi connectivity index (χ2v) is 4.34. The molecule has 21 heavy (non-hydrogen) atoms. The van der Waals surface area contributed by atoms with Gasteiger partial charge < -0.3 is 14.6 Å². The van der Waals surface area contributed by atoms with E-state index in [0.717, 1.165) is 0 Å². The fourth-order valence-electron chi connectivity index (χ4n) is 2.09. The number of carboxylic acids is 1. The average molecular weight is 294 g/mol. The second-order valence-electron chi connectivity index (χ2n) is 4.34. The predicted octanol–water partition coefficient (Wildman–Crippen LogP) is 2.27. The van der Waals surface area contributed by atoms with Crippen molar-refractivity contribution in [1.82, 2.24) is 9.78 Å². The Morgan fingerprint density at radius 2 is 1.95 bits per heavy atom. The topological polar surface area (TPSA) is 73.6 Å². The summed E-state index contributed by atoms with van der Waals surface area (Å²) in [5, 5.41) is 12.9. The van der Waals surface area contributed by atoms with E-state index in [-0.39, 0.29) is 5.69 Å². The number of hydrogen-bond acceptors (Lipinski definition) is 4. The number of aryl methyl sites for hydroxylation is 1. The number of carboxylic acid groups (broad SMARTS) is 1. The summed E-state index contributed by atoms with van der Waals surface area (Å²) < 4.78 is 24.8. The fourth-order valence-corrected chi connectivity index (χ4v) is 2.09. The fraction of sp³-hybridized carbons (Fsp3) is 0.286. The third-order valence-corrected chi connectivity index (χ3v) is 3.12. The van der Waals surface area contributed by atoms with Crippen molar-refractivity contribution in [2.24, 2.45) is 7.05 Å². The first-order valence-corrected chi connectivity index (χ1v) is 6.10. The maximum Gasteiger partial charge on any atom is 0.356 e. The van der Waals surface area contributed by atoms with Crippen molar-refractivity contribution in [3.63, 3.8) is 0 Å². The molecule has 1 aromatic heterocycles. The van der Waals surface area contributed by atoms with Gasteiger partial charge in [-0.05, 0) is 18.2 Å². The lowest BCUT2D eigenvalue weighted by molar-refractivity contribution is 0.0689. The van der Waals surface area contributed by atoms with Crippen LogP contribution in [-0.2, 0) is 13.7 Å². The Balaban J connectivity index is 2.64. The zero-order chi connectivity index (χ0) is 15.6. The van der Waals surface area contributed by atoms with Gasteiger partial charge in [0.05, 0.1) is 19.9 Å². The van der Waals surface area contributed by atoms with Crippen LogP contribution in [0.1, 0.15) is 16.1 Å². The molecular formula is C14H15FN2O4. The highest BCUT2D eigenvalue weighted by Crippen LogP contribution is 2.36. The Hall–Kier alpha value is -2.57. The Morgan fingerprint density at radius 1 is 1.29 bits per heavy atom. The van der Waals surface area contributed by atoms with Gasteiger partial charge in [0.15, 0.2) is 5.69 Å². The third-order valence-electron chi connectivity index (χ3n) is 3.12. The van der Waals surface area contributed by atoms with Crippen LogP contribution in [-0.4, -0.2) is 35.1 Å². The molecule has 0 fully saturated rings. The van der Waals surface area contributed by atoms with Crippen LogP contribution in [0.3, 0.4) is 0 Å². The largest absolute Gasteiger partial charge is 0.496 e. The van der Waals surface area contributed by atoms with Gasteiger partial charge in [0.2, 0.25) is 0 Å². The minimum absolute atomic E-state index is 0.0805. The molecule has 0 saturated carbocycles. The third kappa shape index (κ3) is 2.67. The number of nitrogens with zero attached hydrogens (tertiary/aromatic N) is 2. The number of rotatable bonds is 5. The van der Waals surface area contributed by atoms with E-state index in [2.05, 4.69) is 5.10 Å². The van der Waals surface area contributed by atoms with Crippen molar-refractivity contribution in [2.45, 2.75) is 6.67 Å². The summed E-state index contributed by atoms with van der Waals surface area (Å²) in [6.07, 6.45) is 0. The molecule has 0 aliphatic heterocycles. The molecule has 0 radical (unpaired) electrons. The Labute approximate surface area is 120 Å². The number of methoxy groups -OCH3 is 2. The zero-order valence-electron chi connectivity index (χ0n) is 11.9. The van der Waals surface area contributed by atoms with Crippen LogP contribution in [0.4, 0.5) is 4.39 Å². The SMILES string of the molecule is COc1cc(-c2cc(C(=O)O)nn2C)c(OC)cc1CF. The number of alkyl halides is 1. The first-order valence-electron chi connectivity index (χ1n) is 6.10. The van der Waals surface area contributed by atoms with E-state index in [9.17, 15) is 9.18 Å². The summed E-state index contributed by atoms with van der Waals surface area (Å²) in [5.41, 5.74) is 1.39. The second kappa shape index (κ2) is 5.82. The summed E-state index contributed by atoms with van der Waals surface area (Å²) in [5.74, 6) is -0.335. The number of aromatic carboxylic acids is 1. The molecular weight excluding hydrogens is 279 g/mol. The van der Waals surface area contributed by atoms with Gasteiger partial charge in [-0.15, -0.1) is 0 Å². The van der Waals surface area contributed by atoms with Gasteiger partial charge in [-0.2, -0.15) is 5.10 Å². The molecule has 1 aromatic carbocycles. The van der Waals surface area contributed by atoms with Crippen LogP contribution >= 0.6 is 0 Å². The van der Waals surface area contributed by atoms with Crippen LogP contribution < -0.4 is 9.47 Å². The maximum absolute atomic E-state index is 13.0. The molecule has 2 aromatic rings. The molecule has 0 aliphatic carbocycles. The van der Waals surface area contributed by atoms with Gasteiger partial charge >= 0.3 is 5.97 Å². The molecule has 0 unspecified atom stereocenters. The zero-order valence-corrected chi connectivity index (χ0v) is 11.9. The Bertz CT molecular complexity index is 682. The summed E-state index contributed by atoms with van der Waals surface area (Å²) in [6.45, 7) is -0.689. The molecule has 0 bridgehead atoms. The quantitative estimate of drug-likeness (QED) is 0.915. The number of carbonyl (C=O) groups is 1. The highest BCUT2D eigenvalue weighted by molar-refractivity contribution is 5.87. The minimum Gasteiger partial charge on any atom is -0.496 e. The molecule has 6 nitrogen and oxygen atoms in total. The molecule has 0 saturated heterocycles. The number of halogens is 1. The lowest BCUT2D eigenvalue weighted by Gasteiger charge is -2.13. The predicted molar refractivity (Wildman–Crippen MR) is 73.5 cm³/mol. The Kier molecular flexibility index (Phi) is 4.11. The summed E-state index contributed by atoms with van der Waals surface area (Å²) in [7, 11) is 4.52. The van der Waals surface area contributed by atoms with Crippen molar-refractivity contribution in [3.05, 3.63) is 29.5 Å². The van der Waals surface area contributed by atoms with Crippen molar-refractivity contribution in [2.75, 3.05) is 14.2 Å². The molecule has 2 rings (SSSR count). The highest BCUT2D eigenvalue weighted by atomic mass is 19.1. The molecule has 1 heterocycles. The van der Waals surface area contributed by atoms with Crippen LogP contribution in [0.25, 0.3) is 11.3 Å². The van der Waals surface area contributed by atoms with E-state index >= 15 is 0 Å².